The van der Waals surface area contributed by atoms with Gasteiger partial charge in [-0.25, -0.2) is 9.18 Å². The predicted octanol–water partition coefficient (Wildman–Crippen LogP) is 3.37. The summed E-state index contributed by atoms with van der Waals surface area (Å²) in [5, 5.41) is 8.93. The third-order valence-electron chi connectivity index (χ3n) is 2.72. The summed E-state index contributed by atoms with van der Waals surface area (Å²) in [6, 6.07) is 5.69. The molecule has 0 spiro atoms. The summed E-state index contributed by atoms with van der Waals surface area (Å²) in [6.45, 7) is 2.57. The van der Waals surface area contributed by atoms with Crippen LogP contribution in [-0.4, -0.2) is 22.7 Å². The maximum Gasteiger partial charge on any atom is 0.338 e. The smallest absolute Gasteiger partial charge is 0.338 e. The second kappa shape index (κ2) is 6.14. The molecule has 0 aliphatic rings. The maximum atomic E-state index is 13.4. The minimum Gasteiger partial charge on any atom is -0.492 e. The van der Waals surface area contributed by atoms with Crippen molar-refractivity contribution in [1.29, 1.82) is 0 Å². The molecule has 0 aliphatic carbocycles. The Kier molecular flexibility index (Phi) is 4.30. The van der Waals surface area contributed by atoms with Crippen molar-refractivity contribution in [3.8, 4) is 16.9 Å². The van der Waals surface area contributed by atoms with Gasteiger partial charge in [-0.15, -0.1) is 0 Å². The predicted molar refractivity (Wildman–Crippen MR) is 72.4 cm³/mol. The van der Waals surface area contributed by atoms with E-state index < -0.39 is 11.8 Å². The van der Waals surface area contributed by atoms with Crippen LogP contribution in [0.2, 0.25) is 0 Å². The molecule has 0 saturated heterocycles. The molecule has 2 rings (SSSR count). The molecule has 1 aromatic heterocycles. The zero-order chi connectivity index (χ0) is 14.5. The Labute approximate surface area is 115 Å². The molecule has 5 heteroatoms. The fraction of sp³-hybridized carbons (Fsp3) is 0.200. The van der Waals surface area contributed by atoms with Crippen LogP contribution >= 0.6 is 0 Å². The van der Waals surface area contributed by atoms with Gasteiger partial charge in [0.2, 0.25) is 0 Å². The van der Waals surface area contributed by atoms with E-state index in [1.165, 1.54) is 12.1 Å². The number of benzene rings is 1. The van der Waals surface area contributed by atoms with Gasteiger partial charge >= 0.3 is 5.97 Å². The van der Waals surface area contributed by atoms with E-state index in [0.717, 1.165) is 12.5 Å². The fourth-order valence-electron chi connectivity index (χ4n) is 1.74. The third-order valence-corrected chi connectivity index (χ3v) is 2.72. The molecule has 2 aromatic rings. The molecule has 0 fully saturated rings. The third kappa shape index (κ3) is 3.12. The van der Waals surface area contributed by atoms with Crippen LogP contribution in [0.25, 0.3) is 11.1 Å². The lowest BCUT2D eigenvalue weighted by molar-refractivity contribution is 0.0692. The first-order valence-corrected chi connectivity index (χ1v) is 6.23. The number of hydrogen-bond donors (Lipinski definition) is 1. The van der Waals surface area contributed by atoms with Crippen LogP contribution in [0.3, 0.4) is 0 Å². The van der Waals surface area contributed by atoms with E-state index in [2.05, 4.69) is 4.98 Å². The average Bonchev–Trinajstić information content (AvgIpc) is 2.45. The van der Waals surface area contributed by atoms with Gasteiger partial charge in [-0.05, 0) is 30.2 Å². The Morgan fingerprint density at radius 2 is 2.10 bits per heavy atom. The van der Waals surface area contributed by atoms with E-state index in [9.17, 15) is 9.18 Å². The highest BCUT2D eigenvalue weighted by molar-refractivity contribution is 5.89. The highest BCUT2D eigenvalue weighted by Crippen LogP contribution is 2.24. The second-order valence-corrected chi connectivity index (χ2v) is 4.26. The van der Waals surface area contributed by atoms with E-state index in [1.807, 2.05) is 6.92 Å². The first kappa shape index (κ1) is 14.0. The first-order chi connectivity index (χ1) is 9.61. The van der Waals surface area contributed by atoms with Crippen molar-refractivity contribution in [2.45, 2.75) is 13.3 Å². The largest absolute Gasteiger partial charge is 0.492 e. The van der Waals surface area contributed by atoms with Crippen molar-refractivity contribution in [3.63, 3.8) is 0 Å². The van der Waals surface area contributed by atoms with Crippen molar-refractivity contribution in [2.24, 2.45) is 0 Å². The molecule has 0 bridgehead atoms. The zero-order valence-corrected chi connectivity index (χ0v) is 11.0. The molecule has 104 valence electrons. The van der Waals surface area contributed by atoms with Crippen LogP contribution < -0.4 is 4.74 Å². The number of aromatic nitrogens is 1. The molecule has 20 heavy (non-hydrogen) atoms. The minimum absolute atomic E-state index is 0.359. The van der Waals surface area contributed by atoms with Crippen LogP contribution in [0.1, 0.15) is 23.7 Å². The maximum absolute atomic E-state index is 13.4. The zero-order valence-electron chi connectivity index (χ0n) is 11.0. The number of carboxylic acids is 1. The molecule has 1 heterocycles. The van der Waals surface area contributed by atoms with E-state index in [0.29, 0.717) is 23.5 Å². The first-order valence-electron chi connectivity index (χ1n) is 6.23. The van der Waals surface area contributed by atoms with E-state index in [4.69, 9.17) is 9.84 Å². The van der Waals surface area contributed by atoms with Gasteiger partial charge in [0, 0.05) is 11.8 Å². The molecule has 0 atom stereocenters. The van der Waals surface area contributed by atoms with Gasteiger partial charge in [-0.3, -0.25) is 4.98 Å². The molecule has 0 amide bonds. The topological polar surface area (TPSA) is 59.4 Å². The standard InChI is InChI=1S/C15H14FNO3/c1-2-5-20-12-6-11(8-17-9-12)10-3-4-14(16)13(7-10)15(18)19/h3-4,6-9H,2,5H2,1H3,(H,18,19). The lowest BCUT2D eigenvalue weighted by atomic mass is 10.0. The summed E-state index contributed by atoms with van der Waals surface area (Å²) in [5.74, 6) is -1.45. The number of carboxylic acid groups (broad SMARTS) is 1. The Balaban J connectivity index is 2.36. The summed E-state index contributed by atoms with van der Waals surface area (Å²) in [5.41, 5.74) is 0.904. The quantitative estimate of drug-likeness (QED) is 0.908. The Morgan fingerprint density at radius 3 is 2.80 bits per heavy atom. The van der Waals surface area contributed by atoms with E-state index >= 15 is 0 Å². The second-order valence-electron chi connectivity index (χ2n) is 4.26. The number of rotatable bonds is 5. The van der Waals surface area contributed by atoms with Crippen LogP contribution in [0, 0.1) is 5.82 Å². The Bertz CT molecular complexity index is 628. The number of carbonyl (C=O) groups is 1. The van der Waals surface area contributed by atoms with Crippen LogP contribution in [-0.2, 0) is 0 Å². The van der Waals surface area contributed by atoms with Crippen molar-refractivity contribution >= 4 is 5.97 Å². The minimum atomic E-state index is -1.30. The number of nitrogens with zero attached hydrogens (tertiary/aromatic N) is 1. The number of ether oxygens (including phenoxy) is 1. The highest BCUT2D eigenvalue weighted by atomic mass is 19.1. The van der Waals surface area contributed by atoms with Crippen molar-refractivity contribution in [3.05, 3.63) is 48.0 Å². The fourth-order valence-corrected chi connectivity index (χ4v) is 1.74. The highest BCUT2D eigenvalue weighted by Gasteiger charge is 2.12. The summed E-state index contributed by atoms with van der Waals surface area (Å²) in [6.07, 6.45) is 4.04. The molecule has 0 radical (unpaired) electrons. The molecular formula is C15H14FNO3. The van der Waals surface area contributed by atoms with Gasteiger partial charge < -0.3 is 9.84 Å². The SMILES string of the molecule is CCCOc1cncc(-c2ccc(F)c(C(=O)O)c2)c1. The van der Waals surface area contributed by atoms with Crippen LogP contribution in [0.4, 0.5) is 4.39 Å². The molecule has 1 aromatic carbocycles. The lowest BCUT2D eigenvalue weighted by Crippen LogP contribution is -2.00. The summed E-state index contributed by atoms with van der Waals surface area (Å²) in [4.78, 5) is 15.0. The number of aromatic carboxylic acids is 1. The molecule has 0 saturated carbocycles. The summed E-state index contributed by atoms with van der Waals surface area (Å²) in [7, 11) is 0. The Morgan fingerprint density at radius 1 is 1.30 bits per heavy atom. The van der Waals surface area contributed by atoms with Gasteiger partial charge in [-0.2, -0.15) is 0 Å². The Hall–Kier alpha value is -2.43. The number of hydrogen-bond acceptors (Lipinski definition) is 3. The number of pyridine rings is 1. The summed E-state index contributed by atoms with van der Waals surface area (Å²) >= 11 is 0. The van der Waals surface area contributed by atoms with Crippen LogP contribution in [0.15, 0.2) is 36.7 Å². The molecule has 4 nitrogen and oxygen atoms in total. The molecular weight excluding hydrogens is 261 g/mol. The van der Waals surface area contributed by atoms with Crippen molar-refractivity contribution < 1.29 is 19.0 Å². The van der Waals surface area contributed by atoms with Crippen molar-refractivity contribution in [2.75, 3.05) is 6.61 Å². The average molecular weight is 275 g/mol. The van der Waals surface area contributed by atoms with Gasteiger partial charge in [0.15, 0.2) is 0 Å². The molecule has 1 N–H and O–H groups in total. The lowest BCUT2D eigenvalue weighted by Gasteiger charge is -2.07. The molecule has 0 aliphatic heterocycles. The molecule has 0 unspecified atom stereocenters. The van der Waals surface area contributed by atoms with Gasteiger partial charge in [0.25, 0.3) is 0 Å². The monoisotopic (exact) mass is 275 g/mol. The van der Waals surface area contributed by atoms with E-state index in [-0.39, 0.29) is 5.56 Å². The normalized spacial score (nSPS) is 10.3. The summed E-state index contributed by atoms with van der Waals surface area (Å²) < 4.78 is 18.8. The van der Waals surface area contributed by atoms with E-state index in [1.54, 1.807) is 18.5 Å². The number of halogens is 1. The van der Waals surface area contributed by atoms with Gasteiger partial charge in [-0.1, -0.05) is 13.0 Å². The van der Waals surface area contributed by atoms with Gasteiger partial charge in [0.05, 0.1) is 18.4 Å². The van der Waals surface area contributed by atoms with Gasteiger partial charge in [0.1, 0.15) is 11.6 Å². The van der Waals surface area contributed by atoms with Crippen molar-refractivity contribution in [1.82, 2.24) is 4.98 Å². The van der Waals surface area contributed by atoms with Crippen LogP contribution in [0.5, 0.6) is 5.75 Å².